The first-order valence-electron chi connectivity index (χ1n) is 7.91. The monoisotopic (exact) mass is 315 g/mol. The Hall–Kier alpha value is -2.30. The molecule has 1 aromatic carbocycles. The average Bonchev–Trinajstić information content (AvgIpc) is 2.87. The fourth-order valence-electron chi connectivity index (χ4n) is 3.18. The summed E-state index contributed by atoms with van der Waals surface area (Å²) in [6.45, 7) is 5.85. The number of nitrogens with zero attached hydrogens (tertiary/aromatic N) is 3. The van der Waals surface area contributed by atoms with Crippen LogP contribution in [-0.4, -0.2) is 41.1 Å². The van der Waals surface area contributed by atoms with E-state index >= 15 is 0 Å². The third-order valence-corrected chi connectivity index (χ3v) is 4.70. The summed E-state index contributed by atoms with van der Waals surface area (Å²) in [5.41, 5.74) is 2.33. The van der Waals surface area contributed by atoms with E-state index in [-0.39, 0.29) is 17.8 Å². The summed E-state index contributed by atoms with van der Waals surface area (Å²) in [6.07, 6.45) is 1.91. The van der Waals surface area contributed by atoms with Crippen LogP contribution in [0.15, 0.2) is 36.5 Å². The molecule has 1 aliphatic heterocycles. The van der Waals surface area contributed by atoms with E-state index in [1.54, 1.807) is 12.1 Å². The molecule has 1 unspecified atom stereocenters. The first-order valence-corrected chi connectivity index (χ1v) is 7.91. The fraction of sp³-hybridized carbons (Fsp3) is 0.389. The van der Waals surface area contributed by atoms with Crippen LogP contribution in [0, 0.1) is 12.7 Å². The van der Waals surface area contributed by atoms with Crippen molar-refractivity contribution in [3.8, 4) is 0 Å². The molecule has 1 aromatic heterocycles. The number of carbonyl (C=O) groups excluding carboxylic acids is 1. The number of amides is 1. The molecule has 1 fully saturated rings. The van der Waals surface area contributed by atoms with Crippen molar-refractivity contribution in [2.24, 2.45) is 7.05 Å². The molecule has 0 saturated carbocycles. The lowest BCUT2D eigenvalue weighted by molar-refractivity contribution is 0.0673. The van der Waals surface area contributed by atoms with Crippen molar-refractivity contribution < 1.29 is 9.18 Å². The van der Waals surface area contributed by atoms with Crippen LogP contribution in [-0.2, 0) is 7.05 Å². The lowest BCUT2D eigenvalue weighted by Crippen LogP contribution is -2.54. The number of carbonyl (C=O) groups is 1. The van der Waals surface area contributed by atoms with Gasteiger partial charge in [-0.05, 0) is 32.0 Å². The molecule has 0 radical (unpaired) electrons. The third kappa shape index (κ3) is 2.83. The van der Waals surface area contributed by atoms with Crippen LogP contribution in [0.1, 0.15) is 23.0 Å². The van der Waals surface area contributed by atoms with E-state index in [0.29, 0.717) is 25.3 Å². The predicted octanol–water partition coefficient (Wildman–Crippen LogP) is 2.82. The van der Waals surface area contributed by atoms with E-state index in [1.807, 2.05) is 53.6 Å². The van der Waals surface area contributed by atoms with Crippen molar-refractivity contribution >= 4 is 11.6 Å². The van der Waals surface area contributed by atoms with E-state index in [2.05, 4.69) is 0 Å². The Morgan fingerprint density at radius 2 is 1.96 bits per heavy atom. The Labute approximate surface area is 136 Å². The summed E-state index contributed by atoms with van der Waals surface area (Å²) in [7, 11) is 1.94. The Morgan fingerprint density at radius 3 is 2.57 bits per heavy atom. The minimum atomic E-state index is -0.210. The molecule has 1 atom stereocenters. The van der Waals surface area contributed by atoms with Crippen molar-refractivity contribution in [2.45, 2.75) is 19.9 Å². The van der Waals surface area contributed by atoms with Crippen LogP contribution in [0.5, 0.6) is 0 Å². The van der Waals surface area contributed by atoms with Crippen LogP contribution in [0.3, 0.4) is 0 Å². The summed E-state index contributed by atoms with van der Waals surface area (Å²) in [5.74, 6) is -0.151. The molecule has 1 aliphatic rings. The number of hydrogen-bond donors (Lipinski definition) is 0. The molecule has 2 aromatic rings. The predicted molar refractivity (Wildman–Crippen MR) is 89.3 cm³/mol. The minimum absolute atomic E-state index is 0.0375. The Balaban J connectivity index is 1.75. The van der Waals surface area contributed by atoms with Crippen molar-refractivity contribution in [3.63, 3.8) is 0 Å². The fourth-order valence-corrected chi connectivity index (χ4v) is 3.18. The van der Waals surface area contributed by atoms with Crippen molar-refractivity contribution in [3.05, 3.63) is 53.6 Å². The SMILES string of the molecule is Cc1c(C(=O)N2CCN(c3ccccc3F)CC2C)ccn1C. The number of halogens is 1. The molecule has 5 heteroatoms. The van der Waals surface area contributed by atoms with Gasteiger partial charge in [0.15, 0.2) is 0 Å². The number of rotatable bonds is 2. The molecule has 0 spiro atoms. The molecule has 23 heavy (non-hydrogen) atoms. The van der Waals surface area contributed by atoms with Crippen LogP contribution >= 0.6 is 0 Å². The van der Waals surface area contributed by atoms with E-state index in [1.165, 1.54) is 6.07 Å². The zero-order valence-corrected chi connectivity index (χ0v) is 13.8. The van der Waals surface area contributed by atoms with Gasteiger partial charge in [-0.2, -0.15) is 0 Å². The number of aryl methyl sites for hydroxylation is 1. The Kier molecular flexibility index (Phi) is 4.11. The highest BCUT2D eigenvalue weighted by molar-refractivity contribution is 5.95. The first kappa shape index (κ1) is 15.6. The topological polar surface area (TPSA) is 28.5 Å². The molecule has 1 saturated heterocycles. The molecular formula is C18H22FN3O. The standard InChI is InChI=1S/C18H22FN3O/c1-13-12-21(17-7-5-4-6-16(17)19)10-11-22(13)18(23)15-8-9-20(3)14(15)2/h4-9,13H,10-12H2,1-3H3. The van der Waals surface area contributed by atoms with E-state index < -0.39 is 0 Å². The van der Waals surface area contributed by atoms with Crippen LogP contribution in [0.4, 0.5) is 10.1 Å². The first-order chi connectivity index (χ1) is 11.0. The highest BCUT2D eigenvalue weighted by Gasteiger charge is 2.30. The van der Waals surface area contributed by atoms with Crippen LogP contribution in [0.25, 0.3) is 0 Å². The van der Waals surface area contributed by atoms with Gasteiger partial charge in [0, 0.05) is 44.6 Å². The maximum Gasteiger partial charge on any atom is 0.256 e. The number of aromatic nitrogens is 1. The maximum absolute atomic E-state index is 14.0. The van der Waals surface area contributed by atoms with Gasteiger partial charge in [0.25, 0.3) is 5.91 Å². The number of piperazine rings is 1. The summed E-state index contributed by atoms with van der Waals surface area (Å²) in [4.78, 5) is 16.7. The largest absolute Gasteiger partial charge is 0.365 e. The van der Waals surface area contributed by atoms with Gasteiger partial charge < -0.3 is 14.4 Å². The van der Waals surface area contributed by atoms with Gasteiger partial charge in [-0.1, -0.05) is 12.1 Å². The van der Waals surface area contributed by atoms with Crippen LogP contribution < -0.4 is 4.90 Å². The zero-order chi connectivity index (χ0) is 16.6. The molecule has 0 aliphatic carbocycles. The van der Waals surface area contributed by atoms with Gasteiger partial charge in [0.1, 0.15) is 5.82 Å². The molecule has 3 rings (SSSR count). The zero-order valence-electron chi connectivity index (χ0n) is 13.8. The molecule has 1 amide bonds. The van der Waals surface area contributed by atoms with Crippen molar-refractivity contribution in [1.82, 2.24) is 9.47 Å². The molecule has 0 bridgehead atoms. The van der Waals surface area contributed by atoms with Crippen molar-refractivity contribution in [2.75, 3.05) is 24.5 Å². The molecule has 4 nitrogen and oxygen atoms in total. The summed E-state index contributed by atoms with van der Waals surface area (Å²) >= 11 is 0. The highest BCUT2D eigenvalue weighted by atomic mass is 19.1. The lowest BCUT2D eigenvalue weighted by Gasteiger charge is -2.41. The quantitative estimate of drug-likeness (QED) is 0.852. The molecule has 2 heterocycles. The average molecular weight is 315 g/mol. The minimum Gasteiger partial charge on any atom is -0.365 e. The van der Waals surface area contributed by atoms with Gasteiger partial charge >= 0.3 is 0 Å². The van der Waals surface area contributed by atoms with E-state index in [0.717, 1.165) is 11.3 Å². The number of anilines is 1. The van der Waals surface area contributed by atoms with Gasteiger partial charge in [-0.25, -0.2) is 4.39 Å². The molecular weight excluding hydrogens is 293 g/mol. The van der Waals surface area contributed by atoms with Crippen LogP contribution in [0.2, 0.25) is 0 Å². The maximum atomic E-state index is 14.0. The summed E-state index contributed by atoms with van der Waals surface area (Å²) in [6, 6.07) is 8.71. The number of para-hydroxylation sites is 1. The Morgan fingerprint density at radius 1 is 1.22 bits per heavy atom. The van der Waals surface area contributed by atoms with Gasteiger partial charge in [0.05, 0.1) is 11.3 Å². The molecule has 122 valence electrons. The smallest absolute Gasteiger partial charge is 0.256 e. The molecule has 0 N–H and O–H groups in total. The van der Waals surface area contributed by atoms with Gasteiger partial charge in [-0.3, -0.25) is 4.79 Å². The Bertz CT molecular complexity index is 725. The second kappa shape index (κ2) is 6.07. The lowest BCUT2D eigenvalue weighted by atomic mass is 10.1. The number of hydrogen-bond acceptors (Lipinski definition) is 2. The highest BCUT2D eigenvalue weighted by Crippen LogP contribution is 2.23. The second-order valence-electron chi connectivity index (χ2n) is 6.17. The second-order valence-corrected chi connectivity index (χ2v) is 6.17. The van der Waals surface area contributed by atoms with E-state index in [4.69, 9.17) is 0 Å². The van der Waals surface area contributed by atoms with Gasteiger partial charge in [-0.15, -0.1) is 0 Å². The van der Waals surface area contributed by atoms with Gasteiger partial charge in [0.2, 0.25) is 0 Å². The van der Waals surface area contributed by atoms with E-state index in [9.17, 15) is 9.18 Å². The normalized spacial score (nSPS) is 18.3. The third-order valence-electron chi connectivity index (χ3n) is 4.70. The van der Waals surface area contributed by atoms with Crippen molar-refractivity contribution in [1.29, 1.82) is 0 Å². The summed E-state index contributed by atoms with van der Waals surface area (Å²) < 4.78 is 15.9. The summed E-state index contributed by atoms with van der Waals surface area (Å²) in [5, 5.41) is 0. The number of benzene rings is 1.